The van der Waals surface area contributed by atoms with Crippen LogP contribution in [-0.4, -0.2) is 25.1 Å². The standard InChI is InChI=1S/C14H16O4/c1-7-4-9-11(17-7)6-12(16-3)13-10(15)5-8(2)18-14(9)13/h6-8H,4-5H2,1-3H3. The number of methoxy groups -OCH3 is 1. The van der Waals surface area contributed by atoms with Crippen LogP contribution in [0.15, 0.2) is 6.07 Å². The number of ketones is 1. The number of hydrogen-bond acceptors (Lipinski definition) is 4. The van der Waals surface area contributed by atoms with Crippen molar-refractivity contribution >= 4 is 5.78 Å². The van der Waals surface area contributed by atoms with Gasteiger partial charge in [-0.15, -0.1) is 0 Å². The van der Waals surface area contributed by atoms with Crippen LogP contribution < -0.4 is 14.2 Å². The second-order valence-corrected chi connectivity index (χ2v) is 4.95. The average molecular weight is 248 g/mol. The van der Waals surface area contributed by atoms with Gasteiger partial charge in [0, 0.05) is 24.5 Å². The highest BCUT2D eigenvalue weighted by Crippen LogP contribution is 2.46. The van der Waals surface area contributed by atoms with Crippen molar-refractivity contribution in [2.24, 2.45) is 0 Å². The number of benzene rings is 1. The molecule has 4 heteroatoms. The first-order valence-corrected chi connectivity index (χ1v) is 6.20. The predicted octanol–water partition coefficient (Wildman–Crippen LogP) is 2.37. The molecule has 2 aliphatic rings. The van der Waals surface area contributed by atoms with E-state index in [1.807, 2.05) is 13.8 Å². The second kappa shape index (κ2) is 3.90. The van der Waals surface area contributed by atoms with Gasteiger partial charge in [0.2, 0.25) is 0 Å². The zero-order chi connectivity index (χ0) is 12.9. The SMILES string of the molecule is COc1cc2c(c3c1C(=O)CC(C)O3)CC(C)O2. The van der Waals surface area contributed by atoms with E-state index in [0.717, 1.165) is 17.7 Å². The van der Waals surface area contributed by atoms with E-state index in [4.69, 9.17) is 14.2 Å². The molecule has 3 rings (SSSR count). The quantitative estimate of drug-likeness (QED) is 0.765. The van der Waals surface area contributed by atoms with E-state index < -0.39 is 0 Å². The Hall–Kier alpha value is -1.71. The van der Waals surface area contributed by atoms with Crippen molar-refractivity contribution < 1.29 is 19.0 Å². The molecule has 0 bridgehead atoms. The van der Waals surface area contributed by atoms with E-state index in [2.05, 4.69) is 0 Å². The molecule has 0 aromatic heterocycles. The topological polar surface area (TPSA) is 44.8 Å². The minimum Gasteiger partial charge on any atom is -0.496 e. The Balaban J connectivity index is 2.22. The van der Waals surface area contributed by atoms with Gasteiger partial charge >= 0.3 is 0 Å². The van der Waals surface area contributed by atoms with Crippen LogP contribution in [0.1, 0.15) is 36.2 Å². The Morgan fingerprint density at radius 1 is 1.22 bits per heavy atom. The summed E-state index contributed by atoms with van der Waals surface area (Å²) in [7, 11) is 1.56. The maximum Gasteiger partial charge on any atom is 0.174 e. The van der Waals surface area contributed by atoms with Crippen molar-refractivity contribution in [3.05, 3.63) is 17.2 Å². The number of Topliss-reactive ketones (excluding diaryl/α,β-unsaturated/α-hetero) is 1. The molecular weight excluding hydrogens is 232 g/mol. The lowest BCUT2D eigenvalue weighted by Crippen LogP contribution is -2.25. The number of ether oxygens (including phenoxy) is 3. The predicted molar refractivity (Wildman–Crippen MR) is 65.8 cm³/mol. The van der Waals surface area contributed by atoms with Crippen molar-refractivity contribution in [2.45, 2.75) is 38.9 Å². The van der Waals surface area contributed by atoms with Gasteiger partial charge in [0.25, 0.3) is 0 Å². The van der Waals surface area contributed by atoms with Crippen LogP contribution in [0.2, 0.25) is 0 Å². The van der Waals surface area contributed by atoms with Gasteiger partial charge in [0.05, 0.1) is 7.11 Å². The molecule has 0 amide bonds. The first-order valence-electron chi connectivity index (χ1n) is 6.20. The van der Waals surface area contributed by atoms with E-state index in [-0.39, 0.29) is 18.0 Å². The highest BCUT2D eigenvalue weighted by atomic mass is 16.5. The molecule has 2 atom stereocenters. The van der Waals surface area contributed by atoms with Gasteiger partial charge in [-0.25, -0.2) is 0 Å². The van der Waals surface area contributed by atoms with Crippen LogP contribution in [-0.2, 0) is 6.42 Å². The Morgan fingerprint density at radius 3 is 2.67 bits per heavy atom. The van der Waals surface area contributed by atoms with Crippen molar-refractivity contribution in [1.82, 2.24) is 0 Å². The molecule has 0 N–H and O–H groups in total. The summed E-state index contributed by atoms with van der Waals surface area (Å²) in [6, 6.07) is 1.80. The summed E-state index contributed by atoms with van der Waals surface area (Å²) in [6.45, 7) is 3.92. The Labute approximate surface area is 106 Å². The minimum absolute atomic E-state index is 0.0860. The number of fused-ring (bicyclic) bond motifs is 3. The molecule has 0 fully saturated rings. The fourth-order valence-corrected chi connectivity index (χ4v) is 2.66. The first kappa shape index (κ1) is 11.4. The summed E-state index contributed by atoms with van der Waals surface area (Å²) in [5.74, 6) is 2.08. The fraction of sp³-hybridized carbons (Fsp3) is 0.500. The van der Waals surface area contributed by atoms with E-state index >= 15 is 0 Å². The van der Waals surface area contributed by atoms with Crippen LogP contribution in [0.3, 0.4) is 0 Å². The lowest BCUT2D eigenvalue weighted by Gasteiger charge is -2.25. The minimum atomic E-state index is -0.0860. The maximum atomic E-state index is 12.2. The van der Waals surface area contributed by atoms with Crippen LogP contribution in [0.4, 0.5) is 0 Å². The monoisotopic (exact) mass is 248 g/mol. The molecule has 0 spiro atoms. The van der Waals surface area contributed by atoms with E-state index in [1.165, 1.54) is 0 Å². The lowest BCUT2D eigenvalue weighted by atomic mass is 9.95. The summed E-state index contributed by atoms with van der Waals surface area (Å²) >= 11 is 0. The van der Waals surface area contributed by atoms with Gasteiger partial charge in [0.15, 0.2) is 5.78 Å². The molecule has 0 saturated heterocycles. The fourth-order valence-electron chi connectivity index (χ4n) is 2.66. The van der Waals surface area contributed by atoms with Gasteiger partial charge in [-0.05, 0) is 13.8 Å². The Morgan fingerprint density at radius 2 is 1.94 bits per heavy atom. The average Bonchev–Trinajstić information content (AvgIpc) is 2.68. The van der Waals surface area contributed by atoms with Gasteiger partial charge in [-0.2, -0.15) is 0 Å². The van der Waals surface area contributed by atoms with Crippen LogP contribution in [0.5, 0.6) is 17.2 Å². The van der Waals surface area contributed by atoms with Gasteiger partial charge < -0.3 is 14.2 Å². The molecule has 2 aliphatic heterocycles. The number of carbonyl (C=O) groups excluding carboxylic acids is 1. The second-order valence-electron chi connectivity index (χ2n) is 4.95. The summed E-state index contributed by atoms with van der Waals surface area (Å²) in [5.41, 5.74) is 1.57. The van der Waals surface area contributed by atoms with Crippen LogP contribution in [0.25, 0.3) is 0 Å². The van der Waals surface area contributed by atoms with Crippen LogP contribution in [0, 0.1) is 0 Å². The van der Waals surface area contributed by atoms with E-state index in [9.17, 15) is 4.79 Å². The van der Waals surface area contributed by atoms with Gasteiger partial charge in [0.1, 0.15) is 35.0 Å². The molecular formula is C14H16O4. The highest BCUT2D eigenvalue weighted by molar-refractivity contribution is 6.03. The largest absolute Gasteiger partial charge is 0.496 e. The van der Waals surface area contributed by atoms with Crippen LogP contribution >= 0.6 is 0 Å². The van der Waals surface area contributed by atoms with Crippen molar-refractivity contribution in [3.8, 4) is 17.2 Å². The molecule has 1 aromatic rings. The molecule has 0 saturated carbocycles. The molecule has 2 unspecified atom stereocenters. The van der Waals surface area contributed by atoms with E-state index in [1.54, 1.807) is 13.2 Å². The molecule has 96 valence electrons. The summed E-state index contributed by atoms with van der Waals surface area (Å²) in [5, 5.41) is 0. The third-order valence-corrected chi connectivity index (χ3v) is 3.42. The highest BCUT2D eigenvalue weighted by Gasteiger charge is 2.34. The Bertz CT molecular complexity index is 521. The smallest absolute Gasteiger partial charge is 0.174 e. The number of hydrogen-bond donors (Lipinski definition) is 0. The number of carbonyl (C=O) groups is 1. The van der Waals surface area contributed by atoms with Gasteiger partial charge in [-0.3, -0.25) is 4.79 Å². The molecule has 0 aliphatic carbocycles. The normalized spacial score (nSPS) is 24.9. The summed E-state index contributed by atoms with van der Waals surface area (Å²) in [6.07, 6.45) is 1.21. The van der Waals surface area contributed by atoms with E-state index in [0.29, 0.717) is 23.5 Å². The van der Waals surface area contributed by atoms with Crippen molar-refractivity contribution in [2.75, 3.05) is 7.11 Å². The molecule has 2 heterocycles. The zero-order valence-corrected chi connectivity index (χ0v) is 10.8. The molecule has 0 radical (unpaired) electrons. The van der Waals surface area contributed by atoms with Crippen molar-refractivity contribution in [1.29, 1.82) is 0 Å². The molecule has 4 nitrogen and oxygen atoms in total. The molecule has 18 heavy (non-hydrogen) atoms. The third kappa shape index (κ3) is 1.55. The lowest BCUT2D eigenvalue weighted by molar-refractivity contribution is 0.0864. The first-order chi connectivity index (χ1) is 8.60. The maximum absolute atomic E-state index is 12.2. The zero-order valence-electron chi connectivity index (χ0n) is 10.8. The third-order valence-electron chi connectivity index (χ3n) is 3.42. The molecule has 1 aromatic carbocycles. The van der Waals surface area contributed by atoms with Gasteiger partial charge in [-0.1, -0.05) is 0 Å². The summed E-state index contributed by atoms with van der Waals surface area (Å²) in [4.78, 5) is 12.2. The van der Waals surface area contributed by atoms with Crippen molar-refractivity contribution in [3.63, 3.8) is 0 Å². The summed E-state index contributed by atoms with van der Waals surface area (Å²) < 4.78 is 16.9. The number of rotatable bonds is 1. The Kier molecular flexibility index (Phi) is 2.47.